The van der Waals surface area contributed by atoms with Crippen molar-refractivity contribution >= 4 is 33.3 Å². The molecule has 206 valence electrons. The lowest BCUT2D eigenvalue weighted by Gasteiger charge is -2.31. The number of rotatable bonds is 7. The Hall–Kier alpha value is -3.39. The molecule has 0 amide bonds. The van der Waals surface area contributed by atoms with E-state index in [-0.39, 0.29) is 30.4 Å². The van der Waals surface area contributed by atoms with Gasteiger partial charge in [0, 0.05) is 18.7 Å². The third kappa shape index (κ3) is 5.26. The number of fused-ring (bicyclic) bond motifs is 1. The first kappa shape index (κ1) is 27.2. The predicted molar refractivity (Wildman–Crippen MR) is 141 cm³/mol. The molecular weight excluding hydrogens is 533 g/mol. The number of aliphatic hydroxyl groups is 3. The number of alkyl halides is 3. The van der Waals surface area contributed by atoms with Gasteiger partial charge in [-0.25, -0.2) is 9.97 Å². The van der Waals surface area contributed by atoms with Gasteiger partial charge in [-0.3, -0.25) is 4.98 Å². The second-order valence-corrected chi connectivity index (χ2v) is 10.7. The molecule has 0 radical (unpaired) electrons. The van der Waals surface area contributed by atoms with Gasteiger partial charge in [0.1, 0.15) is 22.4 Å². The number of pyridine rings is 1. The second kappa shape index (κ2) is 10.3. The highest BCUT2D eigenvalue weighted by Crippen LogP contribution is 2.42. The number of halogens is 3. The number of aromatic nitrogens is 4. The molecule has 0 saturated heterocycles. The van der Waals surface area contributed by atoms with Crippen LogP contribution >= 0.6 is 11.3 Å². The summed E-state index contributed by atoms with van der Waals surface area (Å²) in [5.74, 6) is -0.891. The van der Waals surface area contributed by atoms with Crippen LogP contribution in [-0.2, 0) is 0 Å². The van der Waals surface area contributed by atoms with Crippen LogP contribution in [0.25, 0.3) is 20.8 Å². The fraction of sp³-hybridized carbons (Fsp3) is 0.385. The second-order valence-electron chi connectivity index (χ2n) is 9.62. The van der Waals surface area contributed by atoms with Crippen molar-refractivity contribution in [2.75, 3.05) is 17.2 Å². The first-order chi connectivity index (χ1) is 18.5. The van der Waals surface area contributed by atoms with Crippen LogP contribution in [0.3, 0.4) is 0 Å². The van der Waals surface area contributed by atoms with E-state index in [9.17, 15) is 28.5 Å². The van der Waals surface area contributed by atoms with Gasteiger partial charge in [0.2, 0.25) is 5.95 Å². The van der Waals surface area contributed by atoms with Gasteiger partial charge < -0.3 is 26.0 Å². The molecule has 9 nitrogen and oxygen atoms in total. The molecule has 4 aromatic rings. The van der Waals surface area contributed by atoms with Gasteiger partial charge in [-0.1, -0.05) is 30.3 Å². The maximum absolute atomic E-state index is 14.1. The smallest absolute Gasteiger partial charge is 0.396 e. The molecule has 3 heterocycles. The van der Waals surface area contributed by atoms with Crippen LogP contribution in [0.1, 0.15) is 35.8 Å². The van der Waals surface area contributed by atoms with Crippen LogP contribution in [-0.4, -0.2) is 59.9 Å². The van der Waals surface area contributed by atoms with Gasteiger partial charge in [-0.2, -0.15) is 18.2 Å². The molecule has 0 spiro atoms. The quantitative estimate of drug-likeness (QED) is 0.209. The van der Waals surface area contributed by atoms with Crippen molar-refractivity contribution in [1.29, 1.82) is 0 Å². The summed E-state index contributed by atoms with van der Waals surface area (Å²) in [5, 5.41) is 37.3. The summed E-state index contributed by atoms with van der Waals surface area (Å²) in [7, 11) is 0. The van der Waals surface area contributed by atoms with Crippen molar-refractivity contribution in [3.05, 3.63) is 59.5 Å². The topological polar surface area (TPSA) is 136 Å². The largest absolute Gasteiger partial charge is 0.412 e. The number of nitrogens with zero attached hydrogens (tertiary/aromatic N) is 4. The van der Waals surface area contributed by atoms with E-state index in [0.29, 0.717) is 33.9 Å². The highest BCUT2D eigenvalue weighted by atomic mass is 32.1. The van der Waals surface area contributed by atoms with Crippen LogP contribution in [0.5, 0.6) is 0 Å². The van der Waals surface area contributed by atoms with Crippen molar-refractivity contribution in [2.24, 2.45) is 5.92 Å². The molecule has 3 aromatic heterocycles. The Morgan fingerprint density at radius 3 is 2.49 bits per heavy atom. The molecule has 4 atom stereocenters. The highest BCUT2D eigenvalue weighted by Gasteiger charge is 2.47. The summed E-state index contributed by atoms with van der Waals surface area (Å²) in [6.45, 7) is 3.10. The number of aliphatic hydroxyl groups excluding tert-OH is 2. The predicted octanol–water partition coefficient (Wildman–Crippen LogP) is 4.34. The number of hydrogen-bond donors (Lipinski definition) is 5. The molecule has 4 unspecified atom stereocenters. The van der Waals surface area contributed by atoms with Crippen molar-refractivity contribution in [3.63, 3.8) is 0 Å². The lowest BCUT2D eigenvalue weighted by Crippen LogP contribution is -2.48. The number of nitrogens with one attached hydrogen (secondary N) is 2. The fourth-order valence-corrected chi connectivity index (χ4v) is 5.95. The standard InChI is InChI=1S/C26H27F3N6O3S/c1-13-18(23-32-19-14(2)30-11-9-17(19)39-23)22(35-25(38)10-8-16(12-36)21(25)37)34-24(31-13)33-20(26(27,28)29)15-6-4-3-5-7-15/h3-7,9,11,16,20-21,36-38H,8,10,12H2,1-2H3,(H2,31,33,34,35). The molecule has 0 aliphatic heterocycles. The highest BCUT2D eigenvalue weighted by molar-refractivity contribution is 7.21. The number of thiazole rings is 1. The zero-order valence-corrected chi connectivity index (χ0v) is 21.9. The van der Waals surface area contributed by atoms with Crippen LogP contribution in [0.15, 0.2) is 42.6 Å². The zero-order valence-electron chi connectivity index (χ0n) is 21.1. The number of anilines is 2. The molecule has 1 aliphatic carbocycles. The average Bonchev–Trinajstić information content (AvgIpc) is 3.43. The maximum Gasteiger partial charge on any atom is 0.412 e. The van der Waals surface area contributed by atoms with Gasteiger partial charge in [0.05, 0.1) is 21.7 Å². The van der Waals surface area contributed by atoms with Crippen molar-refractivity contribution in [1.82, 2.24) is 19.9 Å². The third-order valence-corrected chi connectivity index (χ3v) is 7.97. The Labute approximate surface area is 225 Å². The van der Waals surface area contributed by atoms with Crippen molar-refractivity contribution in [3.8, 4) is 10.6 Å². The Morgan fingerprint density at radius 1 is 1.10 bits per heavy atom. The number of hydrogen-bond acceptors (Lipinski definition) is 10. The maximum atomic E-state index is 14.1. The van der Waals surface area contributed by atoms with E-state index < -0.39 is 30.0 Å². The zero-order chi connectivity index (χ0) is 27.9. The van der Waals surface area contributed by atoms with Crippen LogP contribution in [0.2, 0.25) is 0 Å². The van der Waals surface area contributed by atoms with Crippen molar-refractivity contribution in [2.45, 2.75) is 50.7 Å². The van der Waals surface area contributed by atoms with Crippen LogP contribution < -0.4 is 10.6 Å². The van der Waals surface area contributed by atoms with Gasteiger partial charge in [-0.15, -0.1) is 11.3 Å². The first-order valence-electron chi connectivity index (χ1n) is 12.3. The Morgan fingerprint density at radius 2 is 1.85 bits per heavy atom. The average molecular weight is 561 g/mol. The summed E-state index contributed by atoms with van der Waals surface area (Å²) < 4.78 is 43.0. The molecule has 13 heteroatoms. The van der Waals surface area contributed by atoms with Crippen molar-refractivity contribution < 1.29 is 28.5 Å². The number of aryl methyl sites for hydroxylation is 2. The SMILES string of the molecule is Cc1nc(NC(c2ccccc2)C(F)(F)F)nc(NC2(O)CCC(CO)C2O)c1-c1nc2c(C)nccc2s1. The van der Waals surface area contributed by atoms with Crippen LogP contribution in [0.4, 0.5) is 24.9 Å². The Bertz CT molecular complexity index is 1490. The molecular formula is C26H27F3N6O3S. The van der Waals surface area contributed by atoms with Gasteiger partial charge >= 0.3 is 6.18 Å². The van der Waals surface area contributed by atoms with E-state index in [1.807, 2.05) is 6.92 Å². The van der Waals surface area contributed by atoms with E-state index >= 15 is 0 Å². The molecule has 0 bridgehead atoms. The van der Waals surface area contributed by atoms with E-state index in [0.717, 1.165) is 4.70 Å². The minimum absolute atomic E-state index is 0.00351. The molecule has 1 fully saturated rings. The Kier molecular flexibility index (Phi) is 7.18. The van der Waals surface area contributed by atoms with Gasteiger partial charge in [0.25, 0.3) is 0 Å². The molecule has 1 aromatic carbocycles. The summed E-state index contributed by atoms with van der Waals surface area (Å²) in [6, 6.07) is 7.07. The normalized spacial score (nSPS) is 22.3. The Balaban J connectivity index is 1.62. The third-order valence-electron chi connectivity index (χ3n) is 6.93. The summed E-state index contributed by atoms with van der Waals surface area (Å²) in [4.78, 5) is 17.6. The van der Waals surface area contributed by atoms with E-state index in [2.05, 4.69) is 30.6 Å². The molecule has 5 rings (SSSR count). The minimum Gasteiger partial charge on any atom is -0.396 e. The summed E-state index contributed by atoms with van der Waals surface area (Å²) in [6.07, 6.45) is -3.92. The molecule has 1 saturated carbocycles. The molecule has 5 N–H and O–H groups in total. The van der Waals surface area contributed by atoms with Crippen LogP contribution in [0, 0.1) is 19.8 Å². The molecule has 1 aliphatic rings. The van der Waals surface area contributed by atoms with E-state index in [1.54, 1.807) is 25.3 Å². The van der Waals surface area contributed by atoms with E-state index in [4.69, 9.17) is 0 Å². The lowest BCUT2D eigenvalue weighted by molar-refractivity contribution is -0.144. The molecule has 39 heavy (non-hydrogen) atoms. The van der Waals surface area contributed by atoms with Gasteiger partial charge in [-0.05, 0) is 38.3 Å². The minimum atomic E-state index is -4.66. The van der Waals surface area contributed by atoms with Gasteiger partial charge in [0.15, 0.2) is 11.8 Å². The lowest BCUT2D eigenvalue weighted by atomic mass is 10.0. The first-order valence-corrected chi connectivity index (χ1v) is 13.1. The summed E-state index contributed by atoms with van der Waals surface area (Å²) in [5.41, 5.74) is 0.145. The monoisotopic (exact) mass is 560 g/mol. The summed E-state index contributed by atoms with van der Waals surface area (Å²) >= 11 is 1.32. The fourth-order valence-electron chi connectivity index (χ4n) is 4.84. The number of benzene rings is 1. The van der Waals surface area contributed by atoms with E-state index in [1.165, 1.54) is 35.6 Å².